The van der Waals surface area contributed by atoms with Crippen molar-refractivity contribution >= 4 is 21.9 Å². The second-order valence-electron chi connectivity index (χ2n) is 5.60. The molecule has 0 atom stereocenters. The summed E-state index contributed by atoms with van der Waals surface area (Å²) in [6, 6.07) is 7.16. The Morgan fingerprint density at radius 1 is 1.29 bits per heavy atom. The minimum absolute atomic E-state index is 0.262. The average molecular weight is 396 g/mol. The zero-order chi connectivity index (χ0) is 17.5. The minimum Gasteiger partial charge on any atom is -0.356 e. The molecule has 2 aromatic rings. The summed E-state index contributed by atoms with van der Waals surface area (Å²) in [5.41, 5.74) is 3.08. The first-order chi connectivity index (χ1) is 11.5. The third-order valence-electron chi connectivity index (χ3n) is 3.61. The van der Waals surface area contributed by atoms with Crippen LogP contribution in [0.3, 0.4) is 0 Å². The van der Waals surface area contributed by atoms with Crippen LogP contribution in [-0.4, -0.2) is 29.3 Å². The van der Waals surface area contributed by atoms with Crippen LogP contribution in [0.25, 0.3) is 0 Å². The number of nitrogens with one attached hydrogen (secondary N) is 2. The quantitative estimate of drug-likeness (QED) is 0.448. The van der Waals surface area contributed by atoms with Crippen molar-refractivity contribution in [3.05, 3.63) is 51.5 Å². The van der Waals surface area contributed by atoms with Gasteiger partial charge in [-0.1, -0.05) is 6.07 Å². The normalized spacial score (nSPS) is 11.6. The fourth-order valence-electron chi connectivity index (χ4n) is 2.39. The Bertz CT molecular complexity index is 711. The van der Waals surface area contributed by atoms with E-state index in [4.69, 9.17) is 0 Å². The average Bonchev–Trinajstić information content (AvgIpc) is 2.87. The van der Waals surface area contributed by atoms with E-state index in [0.29, 0.717) is 17.0 Å². The Hall–Kier alpha value is -1.89. The van der Waals surface area contributed by atoms with Crippen LogP contribution in [0, 0.1) is 19.7 Å². The maximum atomic E-state index is 13.5. The molecule has 0 aliphatic carbocycles. The molecule has 0 unspecified atom stereocenters. The number of hydrogen-bond donors (Lipinski definition) is 2. The van der Waals surface area contributed by atoms with E-state index >= 15 is 0 Å². The van der Waals surface area contributed by atoms with Crippen molar-refractivity contribution in [2.45, 2.75) is 33.4 Å². The minimum atomic E-state index is -0.262. The number of aromatic nitrogens is 2. The lowest BCUT2D eigenvalue weighted by molar-refractivity contribution is 0.555. The third kappa shape index (κ3) is 5.33. The van der Waals surface area contributed by atoms with Gasteiger partial charge in [-0.05, 0) is 60.0 Å². The largest absolute Gasteiger partial charge is 0.356 e. The predicted molar refractivity (Wildman–Crippen MR) is 98.6 cm³/mol. The lowest BCUT2D eigenvalue weighted by atomic mass is 10.2. The van der Waals surface area contributed by atoms with Gasteiger partial charge in [-0.25, -0.2) is 4.39 Å². The number of rotatable bonds is 6. The monoisotopic (exact) mass is 395 g/mol. The summed E-state index contributed by atoms with van der Waals surface area (Å²) in [5, 5.41) is 10.9. The van der Waals surface area contributed by atoms with Gasteiger partial charge < -0.3 is 10.6 Å². The summed E-state index contributed by atoms with van der Waals surface area (Å²) in [6.07, 6.45) is 0.940. The lowest BCUT2D eigenvalue weighted by Crippen LogP contribution is -2.37. The van der Waals surface area contributed by atoms with Crippen molar-refractivity contribution < 1.29 is 4.39 Å². The van der Waals surface area contributed by atoms with E-state index < -0.39 is 0 Å². The van der Waals surface area contributed by atoms with E-state index in [1.165, 1.54) is 11.8 Å². The van der Waals surface area contributed by atoms with Gasteiger partial charge in [0, 0.05) is 32.4 Å². The summed E-state index contributed by atoms with van der Waals surface area (Å²) in [4.78, 5) is 4.18. The van der Waals surface area contributed by atoms with Crippen molar-refractivity contribution in [3.8, 4) is 0 Å². The Labute approximate surface area is 150 Å². The number of halogens is 2. The Morgan fingerprint density at radius 3 is 2.71 bits per heavy atom. The number of aliphatic imine (C=N–C) groups is 1. The second-order valence-corrected chi connectivity index (χ2v) is 6.46. The topological polar surface area (TPSA) is 54.2 Å². The smallest absolute Gasteiger partial charge is 0.191 e. The van der Waals surface area contributed by atoms with Gasteiger partial charge in [0.1, 0.15) is 5.82 Å². The second kappa shape index (κ2) is 8.82. The molecular weight excluding hydrogens is 373 g/mol. The van der Waals surface area contributed by atoms with Crippen LogP contribution in [-0.2, 0) is 13.1 Å². The number of guanidine groups is 1. The highest BCUT2D eigenvalue weighted by Crippen LogP contribution is 2.16. The van der Waals surface area contributed by atoms with Crippen molar-refractivity contribution in [1.29, 1.82) is 0 Å². The molecular formula is C17H23BrFN5. The lowest BCUT2D eigenvalue weighted by Gasteiger charge is -2.12. The summed E-state index contributed by atoms with van der Waals surface area (Å²) in [7, 11) is 1.72. The van der Waals surface area contributed by atoms with Gasteiger partial charge >= 0.3 is 0 Å². The zero-order valence-corrected chi connectivity index (χ0v) is 15.8. The van der Waals surface area contributed by atoms with E-state index in [2.05, 4.69) is 49.6 Å². The summed E-state index contributed by atoms with van der Waals surface area (Å²) < 4.78 is 16.0. The molecule has 0 aliphatic rings. The molecule has 0 saturated heterocycles. The molecule has 7 heteroatoms. The SMILES string of the molecule is CN=C(NCCCn1nc(C)cc1C)NCc1ccc(Br)c(F)c1. The molecule has 2 rings (SSSR count). The molecule has 0 amide bonds. The standard InChI is InChI=1S/C17H23BrFN5/c1-12-9-13(2)24(23-12)8-4-7-21-17(20-3)22-11-14-5-6-15(18)16(19)10-14/h5-6,9-10H,4,7-8,11H2,1-3H3,(H2,20,21,22). The van der Waals surface area contributed by atoms with Crippen LogP contribution in [0.15, 0.2) is 33.7 Å². The maximum Gasteiger partial charge on any atom is 0.191 e. The van der Waals surface area contributed by atoms with E-state index in [1.807, 2.05) is 17.7 Å². The van der Waals surface area contributed by atoms with Crippen LogP contribution in [0.5, 0.6) is 0 Å². The number of nitrogens with zero attached hydrogens (tertiary/aromatic N) is 3. The van der Waals surface area contributed by atoms with Gasteiger partial charge in [0.05, 0.1) is 10.2 Å². The fourth-order valence-corrected chi connectivity index (χ4v) is 2.64. The van der Waals surface area contributed by atoms with Crippen molar-refractivity contribution in [3.63, 3.8) is 0 Å². The van der Waals surface area contributed by atoms with E-state index in [9.17, 15) is 4.39 Å². The summed E-state index contributed by atoms with van der Waals surface area (Å²) >= 11 is 3.15. The molecule has 0 saturated carbocycles. The molecule has 1 heterocycles. The molecule has 0 bridgehead atoms. The molecule has 2 N–H and O–H groups in total. The number of aryl methyl sites for hydroxylation is 3. The first-order valence-electron chi connectivity index (χ1n) is 7.89. The van der Waals surface area contributed by atoms with Crippen molar-refractivity contribution in [2.24, 2.45) is 4.99 Å². The van der Waals surface area contributed by atoms with Crippen LogP contribution in [0.1, 0.15) is 23.4 Å². The van der Waals surface area contributed by atoms with Gasteiger partial charge in [-0.15, -0.1) is 0 Å². The van der Waals surface area contributed by atoms with Crippen molar-refractivity contribution in [1.82, 2.24) is 20.4 Å². The highest BCUT2D eigenvalue weighted by Gasteiger charge is 2.03. The Morgan fingerprint density at radius 2 is 2.08 bits per heavy atom. The van der Waals surface area contributed by atoms with Crippen LogP contribution < -0.4 is 10.6 Å². The molecule has 5 nitrogen and oxygen atoms in total. The molecule has 1 aromatic carbocycles. The van der Waals surface area contributed by atoms with E-state index in [-0.39, 0.29) is 5.82 Å². The molecule has 1 aromatic heterocycles. The van der Waals surface area contributed by atoms with E-state index in [1.54, 1.807) is 13.1 Å². The van der Waals surface area contributed by atoms with E-state index in [0.717, 1.165) is 30.8 Å². The Kier molecular flexibility index (Phi) is 6.78. The predicted octanol–water partition coefficient (Wildman–Crippen LogP) is 3.16. The maximum absolute atomic E-state index is 13.5. The molecule has 130 valence electrons. The number of benzene rings is 1. The van der Waals surface area contributed by atoms with Crippen LogP contribution in [0.4, 0.5) is 4.39 Å². The first-order valence-corrected chi connectivity index (χ1v) is 8.68. The third-order valence-corrected chi connectivity index (χ3v) is 4.25. The van der Waals surface area contributed by atoms with Gasteiger partial charge in [-0.3, -0.25) is 9.67 Å². The highest BCUT2D eigenvalue weighted by molar-refractivity contribution is 9.10. The molecule has 24 heavy (non-hydrogen) atoms. The summed E-state index contributed by atoms with van der Waals surface area (Å²) in [6.45, 7) is 6.22. The molecule has 0 radical (unpaired) electrons. The van der Waals surface area contributed by atoms with Gasteiger partial charge in [0.15, 0.2) is 5.96 Å². The van der Waals surface area contributed by atoms with Gasteiger partial charge in [-0.2, -0.15) is 5.10 Å². The molecule has 0 aliphatic heterocycles. The molecule has 0 spiro atoms. The summed E-state index contributed by atoms with van der Waals surface area (Å²) in [5.74, 6) is 0.439. The van der Waals surface area contributed by atoms with Gasteiger partial charge in [0.25, 0.3) is 0 Å². The molecule has 0 fully saturated rings. The number of hydrogen-bond acceptors (Lipinski definition) is 2. The fraction of sp³-hybridized carbons (Fsp3) is 0.412. The van der Waals surface area contributed by atoms with Crippen LogP contribution >= 0.6 is 15.9 Å². The first kappa shape index (κ1) is 18.4. The Balaban J connectivity index is 1.74. The van der Waals surface area contributed by atoms with Crippen molar-refractivity contribution in [2.75, 3.05) is 13.6 Å². The zero-order valence-electron chi connectivity index (χ0n) is 14.2. The van der Waals surface area contributed by atoms with Gasteiger partial charge in [0.2, 0.25) is 0 Å². The highest BCUT2D eigenvalue weighted by atomic mass is 79.9. The van der Waals surface area contributed by atoms with Crippen LogP contribution in [0.2, 0.25) is 0 Å².